The molecule has 1 aliphatic heterocycles. The van der Waals surface area contributed by atoms with Gasteiger partial charge in [-0.1, -0.05) is 35.6 Å². The van der Waals surface area contributed by atoms with Gasteiger partial charge in [-0.05, 0) is 36.8 Å². The van der Waals surface area contributed by atoms with Crippen LogP contribution in [0.5, 0.6) is 5.75 Å². The summed E-state index contributed by atoms with van der Waals surface area (Å²) < 4.78 is 18.9. The summed E-state index contributed by atoms with van der Waals surface area (Å²) in [6.45, 7) is 3.39. The third-order valence-corrected chi connectivity index (χ3v) is 5.77. The smallest absolute Gasteiger partial charge is 0.282 e. The second-order valence-corrected chi connectivity index (χ2v) is 8.22. The largest absolute Gasteiger partial charge is 0.477 e. The number of para-hydroxylation sites is 2. The van der Waals surface area contributed by atoms with Crippen LogP contribution >= 0.6 is 11.3 Å². The average molecular weight is 456 g/mol. The molecule has 2 aromatic carbocycles. The molecule has 4 rings (SSSR count). The van der Waals surface area contributed by atoms with Gasteiger partial charge < -0.3 is 20.3 Å². The van der Waals surface area contributed by atoms with Crippen molar-refractivity contribution in [2.75, 3.05) is 18.0 Å². The number of nitrogens with one attached hydrogen (secondary N) is 2. The summed E-state index contributed by atoms with van der Waals surface area (Å²) in [5.41, 5.74) is 1.64. The summed E-state index contributed by atoms with van der Waals surface area (Å²) in [5.74, 6) is -0.226. The van der Waals surface area contributed by atoms with Gasteiger partial charge in [0, 0.05) is 13.1 Å². The Hall–Kier alpha value is -3.53. The number of hydrogen-bond donors (Lipinski definition) is 2. The van der Waals surface area contributed by atoms with Crippen LogP contribution in [0, 0.1) is 5.82 Å². The number of fused-ring (bicyclic) bond motifs is 1. The number of anilines is 1. The zero-order valence-corrected chi connectivity index (χ0v) is 18.2. The van der Waals surface area contributed by atoms with Crippen LogP contribution in [0.25, 0.3) is 0 Å². The minimum Gasteiger partial charge on any atom is -0.477 e. The zero-order valence-electron chi connectivity index (χ0n) is 17.4. The molecule has 0 saturated carbocycles. The molecule has 1 atom stereocenters. The average Bonchev–Trinajstić information content (AvgIpc) is 3.27. The molecule has 1 aliphatic rings. The number of ether oxygens (including phenoxy) is 1. The van der Waals surface area contributed by atoms with E-state index in [1.807, 2.05) is 36.1 Å². The Balaban J connectivity index is 1.43. The number of nitrogens with zero attached hydrogens (tertiary/aromatic N) is 3. The van der Waals surface area contributed by atoms with Crippen molar-refractivity contribution >= 4 is 28.8 Å². The molecule has 0 saturated heterocycles. The van der Waals surface area contributed by atoms with Gasteiger partial charge in [-0.25, -0.2) is 4.39 Å². The Morgan fingerprint density at radius 3 is 2.72 bits per heavy atom. The van der Waals surface area contributed by atoms with E-state index in [0.29, 0.717) is 30.4 Å². The van der Waals surface area contributed by atoms with Crippen molar-refractivity contribution in [2.24, 2.45) is 0 Å². The van der Waals surface area contributed by atoms with Crippen molar-refractivity contribution in [2.45, 2.75) is 26.1 Å². The van der Waals surface area contributed by atoms with Crippen molar-refractivity contribution in [3.05, 3.63) is 69.9 Å². The van der Waals surface area contributed by atoms with Crippen LogP contribution < -0.4 is 20.3 Å². The molecule has 0 spiro atoms. The number of carbonyl (C=O) groups is 2. The molecule has 2 N–H and O–H groups in total. The van der Waals surface area contributed by atoms with E-state index in [4.69, 9.17) is 4.74 Å². The number of aromatic nitrogens is 2. The van der Waals surface area contributed by atoms with Gasteiger partial charge in [-0.15, -0.1) is 10.2 Å². The molecule has 10 heteroatoms. The minimum absolute atomic E-state index is 0.176. The maximum absolute atomic E-state index is 13.0. The molecule has 2 amide bonds. The highest BCUT2D eigenvalue weighted by atomic mass is 32.1. The Labute approximate surface area is 188 Å². The second-order valence-electron chi connectivity index (χ2n) is 7.16. The molecule has 2 heterocycles. The summed E-state index contributed by atoms with van der Waals surface area (Å²) in [6, 6.07) is 13.4. The van der Waals surface area contributed by atoms with E-state index < -0.39 is 6.10 Å². The molecular weight excluding hydrogens is 433 g/mol. The van der Waals surface area contributed by atoms with Crippen LogP contribution in [-0.2, 0) is 17.9 Å². The molecule has 0 radical (unpaired) electrons. The first-order chi connectivity index (χ1) is 15.5. The third-order valence-electron chi connectivity index (χ3n) is 4.86. The summed E-state index contributed by atoms with van der Waals surface area (Å²) in [5, 5.41) is 14.6. The van der Waals surface area contributed by atoms with Gasteiger partial charge in [0.15, 0.2) is 6.10 Å². The Bertz CT molecular complexity index is 1100. The number of benzene rings is 2. The van der Waals surface area contributed by atoms with Crippen LogP contribution in [0.3, 0.4) is 0 Å². The lowest BCUT2D eigenvalue weighted by Crippen LogP contribution is -2.48. The topological polar surface area (TPSA) is 96.5 Å². The van der Waals surface area contributed by atoms with E-state index in [1.165, 1.54) is 23.5 Å². The number of hydrogen-bond acceptors (Lipinski definition) is 7. The second kappa shape index (κ2) is 9.73. The fraction of sp³-hybridized carbons (Fsp3) is 0.273. The van der Waals surface area contributed by atoms with Crippen molar-refractivity contribution in [1.29, 1.82) is 0 Å². The maximum Gasteiger partial charge on any atom is 0.282 e. The summed E-state index contributed by atoms with van der Waals surface area (Å²) in [6.07, 6.45) is -0.642. The first-order valence-corrected chi connectivity index (χ1v) is 11.0. The summed E-state index contributed by atoms with van der Waals surface area (Å²) in [4.78, 5) is 26.8. The van der Waals surface area contributed by atoms with Gasteiger partial charge in [-0.3, -0.25) is 9.59 Å². The molecular formula is C22H22FN5O3S. The lowest BCUT2D eigenvalue weighted by atomic mass is 10.2. The highest BCUT2D eigenvalue weighted by Crippen LogP contribution is 2.34. The molecule has 8 nitrogen and oxygen atoms in total. The number of carbonyl (C=O) groups excluding carboxylic acids is 2. The van der Waals surface area contributed by atoms with Crippen molar-refractivity contribution in [3.8, 4) is 5.75 Å². The third kappa shape index (κ3) is 5.02. The number of rotatable bonds is 7. The number of likely N-dealkylation sites (N-methyl/N-ethyl adjacent to an activating group) is 1. The Kier molecular flexibility index (Phi) is 6.60. The molecule has 1 aromatic heterocycles. The van der Waals surface area contributed by atoms with E-state index >= 15 is 0 Å². The molecule has 3 aromatic rings. The first kappa shape index (κ1) is 21.7. The molecule has 166 valence electrons. The molecule has 32 heavy (non-hydrogen) atoms. The normalized spacial score (nSPS) is 14.9. The van der Waals surface area contributed by atoms with Gasteiger partial charge >= 0.3 is 0 Å². The fourth-order valence-corrected chi connectivity index (χ4v) is 4.09. The van der Waals surface area contributed by atoms with E-state index in [0.717, 1.165) is 11.3 Å². The van der Waals surface area contributed by atoms with Gasteiger partial charge in [-0.2, -0.15) is 0 Å². The van der Waals surface area contributed by atoms with Crippen LogP contribution in [0.2, 0.25) is 0 Å². The predicted molar refractivity (Wildman–Crippen MR) is 118 cm³/mol. The van der Waals surface area contributed by atoms with E-state index in [9.17, 15) is 14.0 Å². The van der Waals surface area contributed by atoms with E-state index in [2.05, 4.69) is 20.8 Å². The lowest BCUT2D eigenvalue weighted by Gasteiger charge is -2.35. The standard InChI is InChI=1S/C22H22FN5O3S/c1-2-24-20(29)18-12-28(16-5-3-4-6-17(16)31-18)13-19-26-27-22(32-19)21(30)25-11-14-7-9-15(23)10-8-14/h3-10,18H,2,11-13H2,1H3,(H,24,29)(H,25,30). The highest BCUT2D eigenvalue weighted by Gasteiger charge is 2.31. The maximum atomic E-state index is 13.0. The Morgan fingerprint density at radius 1 is 1.16 bits per heavy atom. The van der Waals surface area contributed by atoms with Crippen LogP contribution in [0.15, 0.2) is 48.5 Å². The van der Waals surface area contributed by atoms with Gasteiger partial charge in [0.2, 0.25) is 5.01 Å². The monoisotopic (exact) mass is 455 g/mol. The zero-order chi connectivity index (χ0) is 22.5. The quantitative estimate of drug-likeness (QED) is 0.568. The van der Waals surface area contributed by atoms with Crippen molar-refractivity contribution in [3.63, 3.8) is 0 Å². The fourth-order valence-electron chi connectivity index (χ4n) is 3.31. The number of halogens is 1. The van der Waals surface area contributed by atoms with Gasteiger partial charge in [0.1, 0.15) is 16.6 Å². The molecule has 0 aliphatic carbocycles. The van der Waals surface area contributed by atoms with E-state index in [1.54, 1.807) is 12.1 Å². The van der Waals surface area contributed by atoms with Crippen molar-refractivity contribution < 1.29 is 18.7 Å². The molecule has 0 fully saturated rings. The minimum atomic E-state index is -0.642. The van der Waals surface area contributed by atoms with Gasteiger partial charge in [0.25, 0.3) is 11.8 Å². The first-order valence-electron chi connectivity index (χ1n) is 10.2. The van der Waals surface area contributed by atoms with Gasteiger partial charge in [0.05, 0.1) is 18.8 Å². The lowest BCUT2D eigenvalue weighted by molar-refractivity contribution is -0.127. The number of amides is 2. The van der Waals surface area contributed by atoms with Crippen LogP contribution in [-0.4, -0.2) is 41.2 Å². The highest BCUT2D eigenvalue weighted by molar-refractivity contribution is 7.13. The molecule has 0 bridgehead atoms. The van der Waals surface area contributed by atoms with E-state index in [-0.39, 0.29) is 29.2 Å². The summed E-state index contributed by atoms with van der Waals surface area (Å²) >= 11 is 1.19. The summed E-state index contributed by atoms with van der Waals surface area (Å²) in [7, 11) is 0. The van der Waals surface area contributed by atoms with Crippen molar-refractivity contribution in [1.82, 2.24) is 20.8 Å². The SMILES string of the molecule is CCNC(=O)C1CN(Cc2nnc(C(=O)NCc3ccc(F)cc3)s2)c2ccccc2O1. The Morgan fingerprint density at radius 2 is 1.94 bits per heavy atom. The van der Waals surface area contributed by atoms with Crippen LogP contribution in [0.4, 0.5) is 10.1 Å². The van der Waals surface area contributed by atoms with Crippen LogP contribution in [0.1, 0.15) is 27.3 Å². The predicted octanol–water partition coefficient (Wildman–Crippen LogP) is 2.51. The molecule has 1 unspecified atom stereocenters.